The third-order valence-corrected chi connectivity index (χ3v) is 4.71. The minimum Gasteiger partial charge on any atom is -0.294 e. The Labute approximate surface area is 113 Å². The Hall–Kier alpha value is -1.89. The summed E-state index contributed by atoms with van der Waals surface area (Å²) in [5.74, 6) is 0.327. The van der Waals surface area contributed by atoms with Crippen molar-refractivity contribution in [3.63, 3.8) is 0 Å². The van der Waals surface area contributed by atoms with Crippen molar-refractivity contribution in [2.45, 2.75) is 32.1 Å². The fraction of sp³-hybridized carbons (Fsp3) is 0.278. The molecule has 0 radical (unpaired) electrons. The maximum Gasteiger partial charge on any atom is 0.163 e. The van der Waals surface area contributed by atoms with Gasteiger partial charge in [0.15, 0.2) is 5.78 Å². The van der Waals surface area contributed by atoms with Gasteiger partial charge in [-0.05, 0) is 34.2 Å². The lowest BCUT2D eigenvalue weighted by Gasteiger charge is -2.23. The molecule has 19 heavy (non-hydrogen) atoms. The van der Waals surface area contributed by atoms with Gasteiger partial charge in [0.2, 0.25) is 0 Å². The van der Waals surface area contributed by atoms with Crippen LogP contribution in [0.5, 0.6) is 0 Å². The van der Waals surface area contributed by atoms with Gasteiger partial charge >= 0.3 is 0 Å². The molecule has 2 aromatic carbocycles. The molecule has 4 rings (SSSR count). The van der Waals surface area contributed by atoms with Crippen LogP contribution in [0.4, 0.5) is 0 Å². The van der Waals surface area contributed by atoms with Crippen LogP contribution in [0.2, 0.25) is 0 Å². The lowest BCUT2D eigenvalue weighted by molar-refractivity contribution is 0.0993. The molecule has 0 unspecified atom stereocenters. The van der Waals surface area contributed by atoms with Gasteiger partial charge in [-0.15, -0.1) is 0 Å². The van der Waals surface area contributed by atoms with E-state index in [0.717, 1.165) is 12.0 Å². The lowest BCUT2D eigenvalue weighted by atomic mass is 9.79. The van der Waals surface area contributed by atoms with Gasteiger partial charge in [-0.1, -0.05) is 50.2 Å². The lowest BCUT2D eigenvalue weighted by Crippen LogP contribution is -2.18. The summed E-state index contributed by atoms with van der Waals surface area (Å²) in [6, 6.07) is 12.9. The number of hydrogen-bond acceptors (Lipinski definition) is 1. The van der Waals surface area contributed by atoms with Gasteiger partial charge in [0.25, 0.3) is 0 Å². The molecule has 0 saturated heterocycles. The SMILES string of the molecule is CC1(C)c2ccccc2-c2ccc3c(c21)C(=O)CC3. The highest BCUT2D eigenvalue weighted by Crippen LogP contribution is 2.51. The predicted molar refractivity (Wildman–Crippen MR) is 76.7 cm³/mol. The number of Topliss-reactive ketones (excluding diaryl/α,β-unsaturated/α-hetero) is 1. The monoisotopic (exact) mass is 248 g/mol. The Bertz CT molecular complexity index is 722. The molecule has 1 nitrogen and oxygen atoms in total. The number of carbonyl (C=O) groups excluding carboxylic acids is 1. The second-order valence-corrected chi connectivity index (χ2v) is 6.12. The van der Waals surface area contributed by atoms with E-state index in [2.05, 4.69) is 50.2 Å². The molecule has 0 spiro atoms. The quantitative estimate of drug-likeness (QED) is 0.685. The van der Waals surface area contributed by atoms with Gasteiger partial charge in [0, 0.05) is 17.4 Å². The fourth-order valence-corrected chi connectivity index (χ4v) is 3.82. The molecule has 2 aliphatic rings. The van der Waals surface area contributed by atoms with Crippen molar-refractivity contribution in [1.29, 1.82) is 0 Å². The van der Waals surface area contributed by atoms with Crippen molar-refractivity contribution in [3.05, 3.63) is 58.7 Å². The topological polar surface area (TPSA) is 17.1 Å². The third-order valence-electron chi connectivity index (χ3n) is 4.71. The Morgan fingerprint density at radius 1 is 0.947 bits per heavy atom. The first-order chi connectivity index (χ1) is 9.10. The maximum atomic E-state index is 12.3. The van der Waals surface area contributed by atoms with Crippen LogP contribution in [0.25, 0.3) is 11.1 Å². The zero-order valence-electron chi connectivity index (χ0n) is 11.3. The van der Waals surface area contributed by atoms with Crippen molar-refractivity contribution in [3.8, 4) is 11.1 Å². The maximum absolute atomic E-state index is 12.3. The average molecular weight is 248 g/mol. The largest absolute Gasteiger partial charge is 0.294 e. The molecule has 0 heterocycles. The number of carbonyl (C=O) groups is 1. The number of fused-ring (bicyclic) bond motifs is 5. The fourth-order valence-electron chi connectivity index (χ4n) is 3.82. The standard InChI is InChI=1S/C18H16O/c1-18(2)14-6-4-3-5-12(14)13-9-7-11-8-10-15(19)16(11)17(13)18/h3-7,9H,8,10H2,1-2H3. The summed E-state index contributed by atoms with van der Waals surface area (Å²) < 4.78 is 0. The van der Waals surface area contributed by atoms with E-state index in [9.17, 15) is 4.79 Å². The molecular formula is C18H16O. The van der Waals surface area contributed by atoms with Gasteiger partial charge in [-0.2, -0.15) is 0 Å². The molecule has 0 amide bonds. The van der Waals surface area contributed by atoms with E-state index in [1.54, 1.807) is 0 Å². The van der Waals surface area contributed by atoms with Crippen LogP contribution < -0.4 is 0 Å². The summed E-state index contributed by atoms with van der Waals surface area (Å²) in [6.07, 6.45) is 1.59. The summed E-state index contributed by atoms with van der Waals surface area (Å²) >= 11 is 0. The number of aryl methyl sites for hydroxylation is 1. The molecule has 0 aliphatic heterocycles. The molecule has 0 N–H and O–H groups in total. The highest BCUT2D eigenvalue weighted by Gasteiger charge is 2.40. The van der Waals surface area contributed by atoms with E-state index in [1.807, 2.05) is 0 Å². The van der Waals surface area contributed by atoms with Gasteiger partial charge in [0.1, 0.15) is 0 Å². The van der Waals surface area contributed by atoms with E-state index in [0.29, 0.717) is 12.2 Å². The second-order valence-electron chi connectivity index (χ2n) is 6.12. The zero-order chi connectivity index (χ0) is 13.2. The van der Waals surface area contributed by atoms with E-state index in [1.165, 1.54) is 27.8 Å². The molecule has 94 valence electrons. The molecular weight excluding hydrogens is 232 g/mol. The Morgan fingerprint density at radius 3 is 2.58 bits per heavy atom. The molecule has 0 atom stereocenters. The van der Waals surface area contributed by atoms with Gasteiger partial charge in [0.05, 0.1) is 0 Å². The predicted octanol–water partition coefficient (Wildman–Crippen LogP) is 4.12. The smallest absolute Gasteiger partial charge is 0.163 e. The highest BCUT2D eigenvalue weighted by atomic mass is 16.1. The summed E-state index contributed by atoms with van der Waals surface area (Å²) in [5.41, 5.74) is 7.35. The van der Waals surface area contributed by atoms with Gasteiger partial charge in [-0.25, -0.2) is 0 Å². The molecule has 2 aliphatic carbocycles. The Morgan fingerprint density at radius 2 is 1.74 bits per heavy atom. The number of rotatable bonds is 0. The molecule has 1 heteroatoms. The Kier molecular flexibility index (Phi) is 1.94. The van der Waals surface area contributed by atoms with E-state index >= 15 is 0 Å². The number of ketones is 1. The van der Waals surface area contributed by atoms with Crippen LogP contribution >= 0.6 is 0 Å². The minimum atomic E-state index is -0.0583. The minimum absolute atomic E-state index is 0.0583. The van der Waals surface area contributed by atoms with Crippen LogP contribution in [0.3, 0.4) is 0 Å². The molecule has 0 aromatic heterocycles. The average Bonchev–Trinajstić information content (AvgIpc) is 2.89. The van der Waals surface area contributed by atoms with E-state index in [-0.39, 0.29) is 5.41 Å². The number of benzene rings is 2. The first kappa shape index (κ1) is 11.0. The summed E-state index contributed by atoms with van der Waals surface area (Å²) in [5, 5.41) is 0. The van der Waals surface area contributed by atoms with Crippen LogP contribution in [0.1, 0.15) is 47.3 Å². The van der Waals surface area contributed by atoms with Crippen LogP contribution in [-0.4, -0.2) is 5.78 Å². The van der Waals surface area contributed by atoms with Crippen LogP contribution in [-0.2, 0) is 11.8 Å². The highest BCUT2D eigenvalue weighted by molar-refractivity contribution is 6.05. The third kappa shape index (κ3) is 1.23. The zero-order valence-corrected chi connectivity index (χ0v) is 11.3. The normalized spacial score (nSPS) is 18.1. The van der Waals surface area contributed by atoms with E-state index in [4.69, 9.17) is 0 Å². The van der Waals surface area contributed by atoms with E-state index < -0.39 is 0 Å². The van der Waals surface area contributed by atoms with Gasteiger partial charge < -0.3 is 0 Å². The second kappa shape index (κ2) is 3.36. The van der Waals surface area contributed by atoms with Crippen LogP contribution in [0.15, 0.2) is 36.4 Å². The number of hydrogen-bond donors (Lipinski definition) is 0. The molecule has 0 bridgehead atoms. The van der Waals surface area contributed by atoms with Crippen molar-refractivity contribution < 1.29 is 4.79 Å². The first-order valence-electron chi connectivity index (χ1n) is 6.90. The summed E-state index contributed by atoms with van der Waals surface area (Å²) in [7, 11) is 0. The molecule has 2 aromatic rings. The van der Waals surface area contributed by atoms with Crippen molar-refractivity contribution in [1.82, 2.24) is 0 Å². The van der Waals surface area contributed by atoms with Crippen molar-refractivity contribution >= 4 is 5.78 Å². The van der Waals surface area contributed by atoms with Crippen molar-refractivity contribution in [2.24, 2.45) is 0 Å². The summed E-state index contributed by atoms with van der Waals surface area (Å²) in [6.45, 7) is 4.48. The molecule has 0 fully saturated rings. The first-order valence-corrected chi connectivity index (χ1v) is 6.90. The van der Waals surface area contributed by atoms with Gasteiger partial charge in [-0.3, -0.25) is 4.79 Å². The van der Waals surface area contributed by atoms with Crippen molar-refractivity contribution in [2.75, 3.05) is 0 Å². The summed E-state index contributed by atoms with van der Waals surface area (Å²) in [4.78, 5) is 12.3. The molecule has 0 saturated carbocycles. The van der Waals surface area contributed by atoms with Crippen LogP contribution in [0, 0.1) is 0 Å². The Balaban J connectivity index is 2.14.